The fourth-order valence-corrected chi connectivity index (χ4v) is 3.44. The van der Waals surface area contributed by atoms with E-state index < -0.39 is 5.97 Å². The van der Waals surface area contributed by atoms with Gasteiger partial charge in [-0.25, -0.2) is 10.2 Å². The Morgan fingerprint density at radius 2 is 1.97 bits per heavy atom. The van der Waals surface area contributed by atoms with Crippen molar-refractivity contribution in [2.45, 2.75) is 6.92 Å². The van der Waals surface area contributed by atoms with Crippen LogP contribution in [0.15, 0.2) is 69.6 Å². The van der Waals surface area contributed by atoms with Gasteiger partial charge in [-0.05, 0) is 70.2 Å². The third kappa shape index (κ3) is 5.52. The van der Waals surface area contributed by atoms with Crippen LogP contribution in [0.2, 0.25) is 0 Å². The van der Waals surface area contributed by atoms with Crippen molar-refractivity contribution >= 4 is 45.4 Å². The molecule has 0 fully saturated rings. The molecule has 29 heavy (non-hydrogen) atoms. The maximum absolute atomic E-state index is 12.2. The first-order valence-corrected chi connectivity index (χ1v) is 10.4. The van der Waals surface area contributed by atoms with Crippen LogP contribution in [0.3, 0.4) is 0 Å². The van der Waals surface area contributed by atoms with Crippen molar-refractivity contribution in [1.29, 1.82) is 0 Å². The summed E-state index contributed by atoms with van der Waals surface area (Å²) in [4.78, 5) is 24.9. The summed E-state index contributed by atoms with van der Waals surface area (Å²) >= 11 is 4.64. The van der Waals surface area contributed by atoms with E-state index in [4.69, 9.17) is 9.47 Å². The molecule has 3 rings (SSSR count). The molecule has 0 unspecified atom stereocenters. The summed E-state index contributed by atoms with van der Waals surface area (Å²) in [5.74, 6) is -0.0403. The highest BCUT2D eigenvalue weighted by atomic mass is 79.9. The first-order valence-electron chi connectivity index (χ1n) is 8.69. The lowest BCUT2D eigenvalue weighted by atomic mass is 10.2. The number of rotatable bonds is 7. The lowest BCUT2D eigenvalue weighted by molar-refractivity contribution is 0.0733. The molecule has 1 heterocycles. The van der Waals surface area contributed by atoms with E-state index in [1.165, 1.54) is 17.6 Å². The van der Waals surface area contributed by atoms with Gasteiger partial charge in [-0.3, -0.25) is 4.79 Å². The Kier molecular flexibility index (Phi) is 7.15. The quantitative estimate of drug-likeness (QED) is 0.229. The monoisotopic (exact) mass is 472 g/mol. The number of nitrogens with one attached hydrogen (secondary N) is 1. The van der Waals surface area contributed by atoms with Crippen molar-refractivity contribution in [1.82, 2.24) is 5.43 Å². The number of benzene rings is 2. The standard InChI is InChI=1S/C21H17BrN2O4S/c1-2-27-18-12-14(9-10-17(18)28-21(26)19-8-5-11-29-19)13-23-24-20(25)15-6-3-4-7-16(15)22/h3-13H,2H2,1H3,(H,24,25). The molecule has 2 aromatic carbocycles. The van der Waals surface area contributed by atoms with E-state index in [9.17, 15) is 9.59 Å². The fraction of sp³-hybridized carbons (Fsp3) is 0.0952. The van der Waals surface area contributed by atoms with Gasteiger partial charge >= 0.3 is 5.97 Å². The first kappa shape index (κ1) is 20.8. The third-order valence-electron chi connectivity index (χ3n) is 3.69. The summed E-state index contributed by atoms with van der Waals surface area (Å²) in [6.45, 7) is 2.24. The Balaban J connectivity index is 1.70. The Bertz CT molecular complexity index is 1030. The molecule has 0 saturated carbocycles. The van der Waals surface area contributed by atoms with Crippen molar-refractivity contribution in [3.8, 4) is 11.5 Å². The number of hydrogen-bond acceptors (Lipinski definition) is 6. The minimum Gasteiger partial charge on any atom is -0.490 e. The van der Waals surface area contributed by atoms with Gasteiger partial charge in [0.15, 0.2) is 11.5 Å². The summed E-state index contributed by atoms with van der Waals surface area (Å²) in [5.41, 5.74) is 3.64. The normalized spacial score (nSPS) is 10.7. The molecule has 148 valence electrons. The molecule has 8 heteroatoms. The maximum Gasteiger partial charge on any atom is 0.353 e. The summed E-state index contributed by atoms with van der Waals surface area (Å²) in [5, 5.41) is 5.79. The highest BCUT2D eigenvalue weighted by Crippen LogP contribution is 2.29. The topological polar surface area (TPSA) is 77.0 Å². The maximum atomic E-state index is 12.2. The second-order valence-corrected chi connectivity index (χ2v) is 7.49. The average molecular weight is 473 g/mol. The number of halogens is 1. The van der Waals surface area contributed by atoms with Crippen molar-refractivity contribution in [3.05, 3.63) is 80.5 Å². The highest BCUT2D eigenvalue weighted by Gasteiger charge is 2.14. The number of amides is 1. The molecule has 1 aromatic heterocycles. The Morgan fingerprint density at radius 1 is 1.14 bits per heavy atom. The second-order valence-electron chi connectivity index (χ2n) is 5.68. The van der Waals surface area contributed by atoms with Crippen LogP contribution in [-0.4, -0.2) is 24.7 Å². The van der Waals surface area contributed by atoms with E-state index in [2.05, 4.69) is 26.5 Å². The number of ether oxygens (including phenoxy) is 2. The SMILES string of the molecule is CCOc1cc(C=NNC(=O)c2ccccc2Br)ccc1OC(=O)c1cccs1. The van der Waals surface area contributed by atoms with E-state index in [-0.39, 0.29) is 5.91 Å². The van der Waals surface area contributed by atoms with Gasteiger partial charge in [-0.2, -0.15) is 5.10 Å². The third-order valence-corrected chi connectivity index (χ3v) is 5.23. The molecule has 0 aliphatic heterocycles. The average Bonchev–Trinajstić information content (AvgIpc) is 3.25. The number of carbonyl (C=O) groups is 2. The summed E-state index contributed by atoms with van der Waals surface area (Å²) in [6, 6.07) is 15.6. The number of carbonyl (C=O) groups excluding carboxylic acids is 2. The molecule has 0 saturated heterocycles. The van der Waals surface area contributed by atoms with Gasteiger partial charge < -0.3 is 9.47 Å². The van der Waals surface area contributed by atoms with Crippen LogP contribution in [0.5, 0.6) is 11.5 Å². The number of hydrazone groups is 1. The summed E-state index contributed by atoms with van der Waals surface area (Å²) in [6.07, 6.45) is 1.49. The van der Waals surface area contributed by atoms with Gasteiger partial charge in [0.2, 0.25) is 0 Å². The molecule has 0 aliphatic carbocycles. The predicted octanol–water partition coefficient (Wildman–Crippen LogP) is 4.89. The lowest BCUT2D eigenvalue weighted by Crippen LogP contribution is -2.18. The molecule has 0 spiro atoms. The number of nitrogens with zero attached hydrogens (tertiary/aromatic N) is 1. The molecular formula is C21H17BrN2O4S. The van der Waals surface area contributed by atoms with Crippen LogP contribution in [0, 0.1) is 0 Å². The lowest BCUT2D eigenvalue weighted by Gasteiger charge is -2.10. The summed E-state index contributed by atoms with van der Waals surface area (Å²) in [7, 11) is 0. The van der Waals surface area contributed by atoms with Gasteiger partial charge in [0.25, 0.3) is 5.91 Å². The van der Waals surface area contributed by atoms with Crippen LogP contribution in [0.4, 0.5) is 0 Å². The Hall–Kier alpha value is -2.97. The Labute approximate surface area is 180 Å². The van der Waals surface area contributed by atoms with Gasteiger partial charge in [-0.1, -0.05) is 18.2 Å². The van der Waals surface area contributed by atoms with Crippen molar-refractivity contribution in [3.63, 3.8) is 0 Å². The molecule has 0 bridgehead atoms. The second kappa shape index (κ2) is 9.99. The van der Waals surface area contributed by atoms with Crippen molar-refractivity contribution in [2.24, 2.45) is 5.10 Å². The number of esters is 1. The molecule has 0 radical (unpaired) electrons. The van der Waals surface area contributed by atoms with Gasteiger partial charge in [-0.15, -0.1) is 11.3 Å². The fourth-order valence-electron chi connectivity index (χ4n) is 2.37. The first-order chi connectivity index (χ1) is 14.1. The van der Waals surface area contributed by atoms with E-state index in [0.29, 0.717) is 38.6 Å². The smallest absolute Gasteiger partial charge is 0.353 e. The predicted molar refractivity (Wildman–Crippen MR) is 116 cm³/mol. The molecular weight excluding hydrogens is 456 g/mol. The molecule has 3 aromatic rings. The zero-order chi connectivity index (χ0) is 20.6. The van der Waals surface area contributed by atoms with Gasteiger partial charge in [0, 0.05) is 4.47 Å². The zero-order valence-electron chi connectivity index (χ0n) is 15.4. The minimum absolute atomic E-state index is 0.319. The molecule has 1 amide bonds. The minimum atomic E-state index is -0.442. The van der Waals surface area contributed by atoms with Crippen LogP contribution in [0.25, 0.3) is 0 Å². The Morgan fingerprint density at radius 3 is 2.69 bits per heavy atom. The van der Waals surface area contributed by atoms with E-state index in [0.717, 1.165) is 0 Å². The molecule has 1 N–H and O–H groups in total. The van der Waals surface area contributed by atoms with E-state index in [1.807, 2.05) is 18.4 Å². The highest BCUT2D eigenvalue weighted by molar-refractivity contribution is 9.10. The molecule has 6 nitrogen and oxygen atoms in total. The zero-order valence-corrected chi connectivity index (χ0v) is 17.8. The van der Waals surface area contributed by atoms with Crippen molar-refractivity contribution < 1.29 is 19.1 Å². The summed E-state index contributed by atoms with van der Waals surface area (Å²) < 4.78 is 11.7. The van der Waals surface area contributed by atoms with Crippen LogP contribution < -0.4 is 14.9 Å². The van der Waals surface area contributed by atoms with E-state index in [1.54, 1.807) is 48.5 Å². The number of hydrogen-bond donors (Lipinski definition) is 1. The number of thiophene rings is 1. The molecule has 0 aliphatic rings. The van der Waals surface area contributed by atoms with Crippen molar-refractivity contribution in [2.75, 3.05) is 6.61 Å². The van der Waals surface area contributed by atoms with Gasteiger partial charge in [0.05, 0.1) is 18.4 Å². The van der Waals surface area contributed by atoms with Crippen LogP contribution in [-0.2, 0) is 0 Å². The van der Waals surface area contributed by atoms with Crippen LogP contribution >= 0.6 is 27.3 Å². The van der Waals surface area contributed by atoms with E-state index >= 15 is 0 Å². The van der Waals surface area contributed by atoms with Crippen LogP contribution in [0.1, 0.15) is 32.5 Å². The van der Waals surface area contributed by atoms with Gasteiger partial charge in [0.1, 0.15) is 4.88 Å². The molecule has 0 atom stereocenters. The largest absolute Gasteiger partial charge is 0.490 e.